The molecule has 0 aliphatic rings. The van der Waals surface area contributed by atoms with Crippen molar-refractivity contribution in [2.24, 2.45) is 0 Å². The minimum atomic E-state index is -4.62. The first-order valence-corrected chi connectivity index (χ1v) is 8.56. The van der Waals surface area contributed by atoms with Crippen LogP contribution in [-0.2, 0) is 6.18 Å². The number of thiophene rings is 1. The Labute approximate surface area is 159 Å². The molecule has 144 valence electrons. The first-order chi connectivity index (χ1) is 13.1. The number of hydrogen-bond acceptors (Lipinski definition) is 4. The second kappa shape index (κ2) is 7.16. The lowest BCUT2D eigenvalue weighted by Gasteiger charge is -2.12. The van der Waals surface area contributed by atoms with Gasteiger partial charge in [-0.25, -0.2) is 13.8 Å². The number of pyridine rings is 1. The van der Waals surface area contributed by atoms with E-state index in [1.807, 2.05) is 0 Å². The van der Waals surface area contributed by atoms with Crippen LogP contribution in [0.15, 0.2) is 30.3 Å². The van der Waals surface area contributed by atoms with Gasteiger partial charge in [-0.1, -0.05) is 6.07 Å². The molecule has 0 aliphatic carbocycles. The summed E-state index contributed by atoms with van der Waals surface area (Å²) in [6.45, 7) is 1.53. The molecule has 1 N–H and O–H groups in total. The predicted molar refractivity (Wildman–Crippen MR) is 91.5 cm³/mol. The van der Waals surface area contributed by atoms with Crippen LogP contribution in [-0.4, -0.2) is 10.9 Å². The number of hydrogen-bond donors (Lipinski definition) is 1. The highest BCUT2D eigenvalue weighted by Crippen LogP contribution is 2.34. The molecule has 10 heteroatoms. The van der Waals surface area contributed by atoms with Gasteiger partial charge in [0.2, 0.25) is 0 Å². The number of aromatic nitrogens is 1. The van der Waals surface area contributed by atoms with E-state index in [1.165, 1.54) is 13.0 Å². The fourth-order valence-corrected chi connectivity index (χ4v) is 3.67. The lowest BCUT2D eigenvalue weighted by molar-refractivity contribution is -0.140. The molecule has 2 heterocycles. The van der Waals surface area contributed by atoms with Gasteiger partial charge in [-0.15, -0.1) is 11.3 Å². The maximum atomic E-state index is 13.9. The Morgan fingerprint density at radius 3 is 2.57 bits per heavy atom. The standard InChI is InChI=1S/C18H10F5N3OS/c1-8-10-4-5-14(18(21,22)23)26-17(10)28-15(8)16(27)25-13(7-24)11-3-2-9(19)6-12(11)20/h2-6,13H,1H3,(H,25,27). The van der Waals surface area contributed by atoms with Crippen molar-refractivity contribution in [3.63, 3.8) is 0 Å². The molecule has 1 amide bonds. The van der Waals surface area contributed by atoms with E-state index in [0.717, 1.165) is 29.5 Å². The number of nitrogens with zero attached hydrogens (tertiary/aromatic N) is 2. The Balaban J connectivity index is 1.94. The van der Waals surface area contributed by atoms with Gasteiger partial charge in [0.25, 0.3) is 5.91 Å². The number of alkyl halides is 3. The minimum Gasteiger partial charge on any atom is -0.332 e. The van der Waals surface area contributed by atoms with Crippen LogP contribution in [0.4, 0.5) is 22.0 Å². The van der Waals surface area contributed by atoms with Crippen molar-refractivity contribution in [1.29, 1.82) is 5.26 Å². The highest BCUT2D eigenvalue weighted by molar-refractivity contribution is 7.20. The van der Waals surface area contributed by atoms with Gasteiger partial charge in [0, 0.05) is 17.0 Å². The van der Waals surface area contributed by atoms with Crippen LogP contribution in [0, 0.1) is 29.9 Å². The van der Waals surface area contributed by atoms with Gasteiger partial charge >= 0.3 is 6.18 Å². The van der Waals surface area contributed by atoms with Gasteiger partial charge < -0.3 is 5.32 Å². The summed E-state index contributed by atoms with van der Waals surface area (Å²) < 4.78 is 65.4. The smallest absolute Gasteiger partial charge is 0.332 e. The normalized spacial score (nSPS) is 12.6. The molecule has 2 aromatic heterocycles. The quantitative estimate of drug-likeness (QED) is 0.624. The molecule has 3 aromatic rings. The number of amides is 1. The van der Waals surface area contributed by atoms with Crippen LogP contribution in [0.5, 0.6) is 0 Å². The molecule has 0 aliphatic heterocycles. The number of aryl methyl sites for hydroxylation is 1. The zero-order chi connectivity index (χ0) is 20.6. The topological polar surface area (TPSA) is 65.8 Å². The maximum Gasteiger partial charge on any atom is 0.433 e. The average molecular weight is 411 g/mol. The third kappa shape index (κ3) is 3.66. The summed E-state index contributed by atoms with van der Waals surface area (Å²) in [5.41, 5.74) is -0.931. The van der Waals surface area contributed by atoms with Crippen LogP contribution in [0.3, 0.4) is 0 Å². The number of benzene rings is 1. The fourth-order valence-electron chi connectivity index (χ4n) is 2.59. The van der Waals surface area contributed by atoms with Crippen molar-refractivity contribution in [2.45, 2.75) is 19.1 Å². The van der Waals surface area contributed by atoms with E-state index in [0.29, 0.717) is 17.0 Å². The Kier molecular flexibility index (Phi) is 5.04. The maximum absolute atomic E-state index is 13.9. The zero-order valence-corrected chi connectivity index (χ0v) is 14.9. The lowest BCUT2D eigenvalue weighted by Crippen LogP contribution is -2.28. The summed E-state index contributed by atoms with van der Waals surface area (Å²) in [6.07, 6.45) is -4.62. The Hall–Kier alpha value is -3.06. The van der Waals surface area contributed by atoms with Crippen molar-refractivity contribution in [2.75, 3.05) is 0 Å². The van der Waals surface area contributed by atoms with Crippen molar-refractivity contribution < 1.29 is 26.7 Å². The summed E-state index contributed by atoms with van der Waals surface area (Å²) in [6, 6.07) is 4.90. The Morgan fingerprint density at radius 2 is 1.96 bits per heavy atom. The predicted octanol–water partition coefficient (Wildman–Crippen LogP) is 4.90. The summed E-state index contributed by atoms with van der Waals surface area (Å²) in [7, 11) is 0. The molecule has 1 aromatic carbocycles. The highest BCUT2D eigenvalue weighted by Gasteiger charge is 2.33. The zero-order valence-electron chi connectivity index (χ0n) is 14.1. The van der Waals surface area contributed by atoms with Gasteiger partial charge in [-0.05, 0) is 30.7 Å². The van der Waals surface area contributed by atoms with E-state index >= 15 is 0 Å². The van der Waals surface area contributed by atoms with E-state index in [1.54, 1.807) is 6.07 Å². The number of halogens is 5. The molecule has 0 spiro atoms. The molecule has 4 nitrogen and oxygen atoms in total. The van der Waals surface area contributed by atoms with Crippen LogP contribution in [0.25, 0.3) is 10.2 Å². The van der Waals surface area contributed by atoms with E-state index in [2.05, 4.69) is 10.3 Å². The molecule has 0 saturated carbocycles. The van der Waals surface area contributed by atoms with Crippen molar-refractivity contribution in [3.8, 4) is 6.07 Å². The van der Waals surface area contributed by atoms with Crippen LogP contribution in [0.2, 0.25) is 0 Å². The van der Waals surface area contributed by atoms with Crippen molar-refractivity contribution in [3.05, 3.63) is 63.7 Å². The largest absolute Gasteiger partial charge is 0.433 e. The SMILES string of the molecule is Cc1c(C(=O)NC(C#N)c2ccc(F)cc2F)sc2nc(C(F)(F)F)ccc12. The number of carbonyl (C=O) groups is 1. The van der Waals surface area contributed by atoms with Gasteiger partial charge in [0.05, 0.1) is 10.9 Å². The molecule has 0 bridgehead atoms. The molecule has 1 atom stereocenters. The summed E-state index contributed by atoms with van der Waals surface area (Å²) in [4.78, 5) is 16.1. The van der Waals surface area contributed by atoms with E-state index in [-0.39, 0.29) is 15.3 Å². The minimum absolute atomic E-state index is 0.0129. The van der Waals surface area contributed by atoms with Gasteiger partial charge in [-0.3, -0.25) is 4.79 Å². The van der Waals surface area contributed by atoms with Crippen LogP contribution >= 0.6 is 11.3 Å². The number of nitrogens with one attached hydrogen (secondary N) is 1. The summed E-state index contributed by atoms with van der Waals surface area (Å²) >= 11 is 0.730. The van der Waals surface area contributed by atoms with E-state index in [9.17, 15) is 32.0 Å². The number of nitriles is 1. The molecule has 0 radical (unpaired) electrons. The second-order valence-electron chi connectivity index (χ2n) is 5.80. The van der Waals surface area contributed by atoms with Gasteiger partial charge in [-0.2, -0.15) is 18.4 Å². The third-order valence-electron chi connectivity index (χ3n) is 3.98. The second-order valence-corrected chi connectivity index (χ2v) is 6.80. The molecule has 28 heavy (non-hydrogen) atoms. The molecular formula is C18H10F5N3OS. The summed E-state index contributed by atoms with van der Waals surface area (Å²) in [5.74, 6) is -2.61. The molecule has 3 rings (SSSR count). The Morgan fingerprint density at radius 1 is 1.25 bits per heavy atom. The average Bonchev–Trinajstić information content (AvgIpc) is 2.96. The van der Waals surface area contributed by atoms with Crippen molar-refractivity contribution in [1.82, 2.24) is 10.3 Å². The Bertz CT molecular complexity index is 1120. The number of rotatable bonds is 3. The monoisotopic (exact) mass is 411 g/mol. The number of fused-ring (bicyclic) bond motifs is 1. The van der Waals surface area contributed by atoms with E-state index < -0.39 is 35.5 Å². The highest BCUT2D eigenvalue weighted by atomic mass is 32.1. The van der Waals surface area contributed by atoms with E-state index in [4.69, 9.17) is 0 Å². The van der Waals surface area contributed by atoms with Crippen LogP contribution in [0.1, 0.15) is 32.5 Å². The lowest BCUT2D eigenvalue weighted by atomic mass is 10.1. The molecular weight excluding hydrogens is 401 g/mol. The molecule has 1 unspecified atom stereocenters. The third-order valence-corrected chi connectivity index (χ3v) is 5.18. The first kappa shape index (κ1) is 19.7. The molecule has 0 saturated heterocycles. The van der Waals surface area contributed by atoms with Gasteiger partial charge in [0.15, 0.2) is 0 Å². The van der Waals surface area contributed by atoms with Crippen molar-refractivity contribution >= 4 is 27.5 Å². The van der Waals surface area contributed by atoms with Gasteiger partial charge in [0.1, 0.15) is 28.2 Å². The first-order valence-electron chi connectivity index (χ1n) is 7.74. The van der Waals surface area contributed by atoms with Crippen LogP contribution < -0.4 is 5.32 Å². The molecule has 0 fully saturated rings. The number of carbonyl (C=O) groups excluding carboxylic acids is 1. The fraction of sp³-hybridized carbons (Fsp3) is 0.167. The summed E-state index contributed by atoms with van der Waals surface area (Å²) in [5, 5.41) is 11.9.